The average Bonchev–Trinajstić information content (AvgIpc) is 3.65. The number of primary amides is 1. The first-order valence-electron chi connectivity index (χ1n) is 27.6. The number of carbonyl (C=O) groups excluding carboxylic acids is 10. The summed E-state index contributed by atoms with van der Waals surface area (Å²) in [5, 5.41) is 51.4. The summed E-state index contributed by atoms with van der Waals surface area (Å²) in [4.78, 5) is 158. The standard InChI is InChI=1S/C58H80N10O15S/c1-33(2)27-42(66-57(81)50(35(5)6)68-47(72)30-61-52(76)38-17-11-8-12-18-38)56(80)63-40(19-13-14-26-60-45(70)29-44(58(82)83)84-32-37-15-9-7-10-16-37)54(78)64-41(24-25-48(73)74)55(79)65-43(28-36-20-22-39(69)23-21-36)53(77)62-31-46(71)67-49(34(3)4)51(59)75/h7-12,15-18,20-23,33-35,40-44,49-50,69H,13-14,19,24-32H2,1-6H3,(H2,59,75)(H,60,70)(H,61,76)(H,62,77)(H,63,80)(H,64,78)(H,65,79)(H,66,81)(H,67,71)(H,68,72)(H,73,74)(H,82,83)/t40-,41-,42-,43-,44+,49-,50-/m0/s1. The lowest BCUT2D eigenvalue weighted by molar-refractivity contribution is -0.139. The summed E-state index contributed by atoms with van der Waals surface area (Å²) in [5.74, 6) is -11.5. The van der Waals surface area contributed by atoms with Crippen molar-refractivity contribution >= 4 is 82.8 Å². The zero-order valence-electron chi connectivity index (χ0n) is 48.1. The number of carboxylic acid groups (broad SMARTS) is 2. The maximum atomic E-state index is 14.5. The van der Waals surface area contributed by atoms with Gasteiger partial charge in [0.2, 0.25) is 53.2 Å². The Balaban J connectivity index is 1.90. The Morgan fingerprint density at radius 2 is 1.05 bits per heavy atom. The maximum Gasteiger partial charge on any atom is 0.317 e. The molecule has 0 aliphatic rings. The van der Waals surface area contributed by atoms with E-state index < -0.39 is 150 Å². The molecule has 3 aromatic rings. The number of nitrogens with two attached hydrogens (primary N) is 1. The Kier molecular flexibility index (Phi) is 30.0. The number of unbranched alkanes of at least 4 members (excludes halogenated alkanes) is 1. The molecule has 3 rings (SSSR count). The van der Waals surface area contributed by atoms with Gasteiger partial charge in [-0.3, -0.25) is 57.5 Å². The SMILES string of the molecule is CC(C)C[C@H](NC(=O)[C@@H](NC(=O)CNC(=O)c1ccccc1)C(C)C)C(=O)N[C@@H](CCCCNC(=O)C[C@@H](SCc1ccccc1)C(=O)O)C(=O)N[C@@H](CCC(=O)O)C(=O)N[C@@H](Cc1ccc(O)cc1)C(=O)NCC(=O)N[C@H](C(N)=O)C(C)C. The third-order valence-corrected chi connectivity index (χ3v) is 14.1. The summed E-state index contributed by atoms with van der Waals surface area (Å²) < 4.78 is 0. The van der Waals surface area contributed by atoms with Gasteiger partial charge in [-0.05, 0) is 85.3 Å². The van der Waals surface area contributed by atoms with Crippen molar-refractivity contribution in [1.82, 2.24) is 47.9 Å². The summed E-state index contributed by atoms with van der Waals surface area (Å²) in [6.45, 7) is 8.99. The monoisotopic (exact) mass is 1190 g/mol. The smallest absolute Gasteiger partial charge is 0.317 e. The number of nitrogens with one attached hydrogen (secondary N) is 9. The molecule has 7 atom stereocenters. The molecule has 26 heteroatoms. The highest BCUT2D eigenvalue weighted by molar-refractivity contribution is 7.99. The minimum Gasteiger partial charge on any atom is -0.508 e. The molecule has 3 aromatic carbocycles. The molecule has 14 N–H and O–H groups in total. The van der Waals surface area contributed by atoms with Crippen molar-refractivity contribution in [1.29, 1.82) is 0 Å². The van der Waals surface area contributed by atoms with Gasteiger partial charge in [0.05, 0.1) is 13.1 Å². The fourth-order valence-corrected chi connectivity index (χ4v) is 9.29. The molecular formula is C58H80N10O15S. The van der Waals surface area contributed by atoms with E-state index in [0.29, 0.717) is 16.9 Å². The molecular weight excluding hydrogens is 1110 g/mol. The van der Waals surface area contributed by atoms with Gasteiger partial charge in [-0.2, -0.15) is 0 Å². The zero-order valence-corrected chi connectivity index (χ0v) is 48.9. The lowest BCUT2D eigenvalue weighted by atomic mass is 9.99. The third kappa shape index (κ3) is 26.1. The number of aliphatic carboxylic acids is 2. The van der Waals surface area contributed by atoms with Gasteiger partial charge in [-0.1, -0.05) is 102 Å². The highest BCUT2D eigenvalue weighted by Gasteiger charge is 2.34. The minimum atomic E-state index is -1.69. The number of phenols is 1. The number of hydrogen-bond acceptors (Lipinski definition) is 14. The Bertz CT molecular complexity index is 2720. The van der Waals surface area contributed by atoms with Crippen LogP contribution >= 0.6 is 11.8 Å². The van der Waals surface area contributed by atoms with Crippen molar-refractivity contribution in [3.63, 3.8) is 0 Å². The lowest BCUT2D eigenvalue weighted by Crippen LogP contribution is -2.60. The number of benzene rings is 3. The van der Waals surface area contributed by atoms with E-state index in [1.165, 1.54) is 24.3 Å². The van der Waals surface area contributed by atoms with E-state index in [9.17, 15) is 72.9 Å². The molecule has 0 saturated carbocycles. The molecule has 458 valence electrons. The largest absolute Gasteiger partial charge is 0.508 e. The van der Waals surface area contributed by atoms with Crippen LogP contribution in [-0.4, -0.2) is 147 Å². The molecule has 0 saturated heterocycles. The quantitative estimate of drug-likeness (QED) is 0.0360. The number of thioether (sulfide) groups is 1. The van der Waals surface area contributed by atoms with Crippen LogP contribution in [0.4, 0.5) is 0 Å². The summed E-state index contributed by atoms with van der Waals surface area (Å²) in [6, 6.07) is 14.5. The predicted molar refractivity (Wildman–Crippen MR) is 311 cm³/mol. The second-order valence-corrected chi connectivity index (χ2v) is 22.3. The van der Waals surface area contributed by atoms with Crippen molar-refractivity contribution in [2.24, 2.45) is 23.5 Å². The lowest BCUT2D eigenvalue weighted by Gasteiger charge is -2.28. The maximum absolute atomic E-state index is 14.5. The van der Waals surface area contributed by atoms with Gasteiger partial charge in [-0.25, -0.2) is 0 Å². The Morgan fingerprint density at radius 1 is 0.524 bits per heavy atom. The molecule has 84 heavy (non-hydrogen) atoms. The summed E-state index contributed by atoms with van der Waals surface area (Å²) in [5.41, 5.74) is 7.02. The van der Waals surface area contributed by atoms with Crippen LogP contribution in [0, 0.1) is 17.8 Å². The first kappa shape index (κ1) is 69.7. The molecule has 0 bridgehead atoms. The second-order valence-electron chi connectivity index (χ2n) is 21.1. The highest BCUT2D eigenvalue weighted by Crippen LogP contribution is 2.21. The van der Waals surface area contributed by atoms with Crippen LogP contribution in [-0.2, 0) is 64.9 Å². The van der Waals surface area contributed by atoms with E-state index in [1.807, 2.05) is 30.3 Å². The number of hydrogen-bond donors (Lipinski definition) is 13. The van der Waals surface area contributed by atoms with Crippen molar-refractivity contribution in [2.45, 2.75) is 140 Å². The van der Waals surface area contributed by atoms with Gasteiger partial charge in [-0.15, -0.1) is 11.8 Å². The molecule has 0 spiro atoms. The van der Waals surface area contributed by atoms with Crippen molar-refractivity contribution < 1.29 is 72.9 Å². The van der Waals surface area contributed by atoms with E-state index in [1.54, 1.807) is 71.9 Å². The van der Waals surface area contributed by atoms with Crippen LogP contribution < -0.4 is 53.6 Å². The Labute approximate surface area is 492 Å². The molecule has 25 nitrogen and oxygen atoms in total. The molecule has 0 unspecified atom stereocenters. The average molecular weight is 1190 g/mol. The number of rotatable bonds is 37. The van der Waals surface area contributed by atoms with Gasteiger partial charge in [0.25, 0.3) is 5.91 Å². The summed E-state index contributed by atoms with van der Waals surface area (Å²) in [6.07, 6.45) is -1.66. The minimum absolute atomic E-state index is 0.0142. The van der Waals surface area contributed by atoms with E-state index >= 15 is 0 Å². The molecule has 0 fully saturated rings. The van der Waals surface area contributed by atoms with Crippen molar-refractivity contribution in [3.8, 4) is 5.75 Å². The van der Waals surface area contributed by atoms with E-state index in [4.69, 9.17) is 5.73 Å². The normalized spacial score (nSPS) is 13.5. The first-order valence-corrected chi connectivity index (χ1v) is 28.6. The van der Waals surface area contributed by atoms with Crippen molar-refractivity contribution in [2.75, 3.05) is 19.6 Å². The number of carbonyl (C=O) groups is 12. The fourth-order valence-electron chi connectivity index (χ4n) is 8.29. The van der Waals surface area contributed by atoms with E-state index in [-0.39, 0.29) is 56.7 Å². The molecule has 10 amide bonds. The summed E-state index contributed by atoms with van der Waals surface area (Å²) in [7, 11) is 0. The number of carboxylic acids is 2. The second kappa shape index (κ2) is 36.1. The molecule has 0 aliphatic heterocycles. The third-order valence-electron chi connectivity index (χ3n) is 12.9. The van der Waals surface area contributed by atoms with Crippen LogP contribution in [0.3, 0.4) is 0 Å². The first-order chi connectivity index (χ1) is 39.7. The van der Waals surface area contributed by atoms with E-state index in [0.717, 1.165) is 17.3 Å². The molecule has 0 radical (unpaired) electrons. The topological polar surface area (TPSA) is 400 Å². The van der Waals surface area contributed by atoms with Gasteiger partial charge in [0, 0.05) is 37.1 Å². The van der Waals surface area contributed by atoms with Crippen LogP contribution in [0.5, 0.6) is 5.75 Å². The van der Waals surface area contributed by atoms with Gasteiger partial charge >= 0.3 is 11.9 Å². The fraction of sp³-hybridized carbons (Fsp3) is 0.483. The number of amides is 10. The highest BCUT2D eigenvalue weighted by atomic mass is 32.2. The van der Waals surface area contributed by atoms with Gasteiger partial charge < -0.3 is 68.9 Å². The van der Waals surface area contributed by atoms with Gasteiger partial charge in [0.1, 0.15) is 47.3 Å². The van der Waals surface area contributed by atoms with Crippen LogP contribution in [0.15, 0.2) is 84.9 Å². The van der Waals surface area contributed by atoms with Crippen LogP contribution in [0.25, 0.3) is 0 Å². The molecule has 0 aromatic heterocycles. The van der Waals surface area contributed by atoms with Crippen LogP contribution in [0.1, 0.15) is 108 Å². The van der Waals surface area contributed by atoms with Gasteiger partial charge in [0.15, 0.2) is 0 Å². The predicted octanol–water partition coefficient (Wildman–Crippen LogP) is 1.16. The van der Waals surface area contributed by atoms with E-state index in [2.05, 4.69) is 47.9 Å². The van der Waals surface area contributed by atoms with Crippen LogP contribution in [0.2, 0.25) is 0 Å². The summed E-state index contributed by atoms with van der Waals surface area (Å²) >= 11 is 1.09. The van der Waals surface area contributed by atoms with Crippen molar-refractivity contribution in [3.05, 3.63) is 102 Å². The number of aromatic hydroxyl groups is 1. The zero-order chi connectivity index (χ0) is 62.5. The number of phenolic OH excluding ortho intramolecular Hbond substituents is 1. The Hall–Kier alpha value is -8.55. The molecule has 0 heterocycles. The molecule has 0 aliphatic carbocycles. The Morgan fingerprint density at radius 3 is 1.60 bits per heavy atom.